The minimum atomic E-state index is 0.337. The molecule has 1 fully saturated rings. The summed E-state index contributed by atoms with van der Waals surface area (Å²) in [4.78, 5) is 12.0. The largest absolute Gasteiger partial charge is 0.294 e. The van der Waals surface area contributed by atoms with Crippen LogP contribution >= 0.6 is 0 Å². The molecule has 0 saturated heterocycles. The van der Waals surface area contributed by atoms with Crippen molar-refractivity contribution >= 4 is 5.78 Å². The Morgan fingerprint density at radius 3 is 2.21 bits per heavy atom. The van der Waals surface area contributed by atoms with Crippen LogP contribution in [-0.2, 0) is 4.79 Å². The van der Waals surface area contributed by atoms with Gasteiger partial charge in [-0.15, -0.1) is 0 Å². The van der Waals surface area contributed by atoms with E-state index in [2.05, 4.69) is 6.92 Å². The zero-order chi connectivity index (χ0) is 10.4. The van der Waals surface area contributed by atoms with Crippen LogP contribution in [0.25, 0.3) is 0 Å². The maximum absolute atomic E-state index is 12.0. The third-order valence-corrected chi connectivity index (χ3v) is 3.27. The second kappa shape index (κ2) is 6.00. The van der Waals surface area contributed by atoms with Crippen LogP contribution < -0.4 is 0 Å². The molecule has 80 valence electrons. The topological polar surface area (TPSA) is 17.1 Å². The molecule has 0 atom stereocenters. The SMILES string of the molecule is CC=C(CC)C(=O)C1CCCCCC1. The Morgan fingerprint density at radius 2 is 1.79 bits per heavy atom. The van der Waals surface area contributed by atoms with Crippen LogP contribution in [0.5, 0.6) is 0 Å². The molecule has 14 heavy (non-hydrogen) atoms. The Bertz CT molecular complexity index is 207. The molecule has 0 N–H and O–H groups in total. The maximum Gasteiger partial charge on any atom is 0.161 e. The van der Waals surface area contributed by atoms with E-state index in [9.17, 15) is 4.79 Å². The highest BCUT2D eigenvalue weighted by Gasteiger charge is 2.21. The quantitative estimate of drug-likeness (QED) is 0.492. The molecule has 1 saturated carbocycles. The maximum atomic E-state index is 12.0. The van der Waals surface area contributed by atoms with Gasteiger partial charge in [-0.25, -0.2) is 0 Å². The zero-order valence-electron chi connectivity index (χ0n) is 9.51. The number of allylic oxidation sites excluding steroid dienone is 2. The number of hydrogen-bond acceptors (Lipinski definition) is 1. The van der Waals surface area contributed by atoms with Crippen molar-refractivity contribution in [2.45, 2.75) is 58.8 Å². The Hall–Kier alpha value is -0.590. The van der Waals surface area contributed by atoms with Crippen molar-refractivity contribution in [1.82, 2.24) is 0 Å². The molecule has 1 heteroatoms. The number of Topliss-reactive ketones (excluding diaryl/α,β-unsaturated/α-hetero) is 1. The van der Waals surface area contributed by atoms with Crippen molar-refractivity contribution in [2.24, 2.45) is 5.92 Å². The molecular weight excluding hydrogens is 172 g/mol. The average Bonchev–Trinajstić information content (AvgIpc) is 2.47. The summed E-state index contributed by atoms with van der Waals surface area (Å²) in [5.74, 6) is 0.764. The molecule has 0 spiro atoms. The first-order valence-corrected chi connectivity index (χ1v) is 5.99. The second-order valence-corrected chi connectivity index (χ2v) is 4.22. The van der Waals surface area contributed by atoms with Crippen molar-refractivity contribution in [3.63, 3.8) is 0 Å². The summed E-state index contributed by atoms with van der Waals surface area (Å²) in [7, 11) is 0. The van der Waals surface area contributed by atoms with Gasteiger partial charge >= 0.3 is 0 Å². The Labute approximate surface area is 87.6 Å². The Morgan fingerprint density at radius 1 is 1.21 bits per heavy atom. The van der Waals surface area contributed by atoms with Crippen LogP contribution in [-0.4, -0.2) is 5.78 Å². The van der Waals surface area contributed by atoms with Crippen LogP contribution in [0, 0.1) is 5.92 Å². The fourth-order valence-electron chi connectivity index (χ4n) is 2.32. The van der Waals surface area contributed by atoms with Crippen LogP contribution in [0.3, 0.4) is 0 Å². The van der Waals surface area contributed by atoms with Crippen molar-refractivity contribution in [3.05, 3.63) is 11.6 Å². The predicted octanol–water partition coefficient (Wildman–Crippen LogP) is 3.88. The van der Waals surface area contributed by atoms with Crippen LogP contribution in [0.2, 0.25) is 0 Å². The molecule has 0 aliphatic heterocycles. The molecule has 1 aliphatic rings. The lowest BCUT2D eigenvalue weighted by molar-refractivity contribution is -0.119. The highest BCUT2D eigenvalue weighted by atomic mass is 16.1. The third-order valence-electron chi connectivity index (χ3n) is 3.27. The first kappa shape index (κ1) is 11.5. The number of hydrogen-bond donors (Lipinski definition) is 0. The monoisotopic (exact) mass is 194 g/mol. The third kappa shape index (κ3) is 2.97. The summed E-state index contributed by atoms with van der Waals surface area (Å²) >= 11 is 0. The molecule has 1 rings (SSSR count). The van der Waals surface area contributed by atoms with E-state index in [-0.39, 0.29) is 0 Å². The molecule has 0 heterocycles. The lowest BCUT2D eigenvalue weighted by Crippen LogP contribution is -2.15. The first-order chi connectivity index (χ1) is 6.79. The van der Waals surface area contributed by atoms with Crippen LogP contribution in [0.15, 0.2) is 11.6 Å². The first-order valence-electron chi connectivity index (χ1n) is 5.99. The fourth-order valence-corrected chi connectivity index (χ4v) is 2.32. The van der Waals surface area contributed by atoms with Gasteiger partial charge in [-0.2, -0.15) is 0 Å². The van der Waals surface area contributed by atoms with Gasteiger partial charge in [-0.05, 0) is 31.8 Å². The lowest BCUT2D eigenvalue weighted by Gasteiger charge is -2.13. The van der Waals surface area contributed by atoms with Crippen LogP contribution in [0.1, 0.15) is 58.8 Å². The van der Waals surface area contributed by atoms with E-state index in [1.165, 1.54) is 25.7 Å². The van der Waals surface area contributed by atoms with Gasteiger partial charge in [0.05, 0.1) is 0 Å². The van der Waals surface area contributed by atoms with Gasteiger partial charge in [0.2, 0.25) is 0 Å². The van der Waals surface area contributed by atoms with E-state index < -0.39 is 0 Å². The van der Waals surface area contributed by atoms with E-state index >= 15 is 0 Å². The van der Waals surface area contributed by atoms with E-state index in [0.717, 1.165) is 24.8 Å². The standard InChI is InChI=1S/C13H22O/c1-3-11(4-2)13(14)12-9-7-5-6-8-10-12/h3,12H,4-10H2,1-2H3. The van der Waals surface area contributed by atoms with Gasteiger partial charge in [0.15, 0.2) is 5.78 Å². The van der Waals surface area contributed by atoms with Crippen molar-refractivity contribution in [1.29, 1.82) is 0 Å². The molecule has 0 radical (unpaired) electrons. The summed E-state index contributed by atoms with van der Waals surface area (Å²) < 4.78 is 0. The molecule has 1 nitrogen and oxygen atoms in total. The molecule has 0 bridgehead atoms. The van der Waals surface area contributed by atoms with E-state index in [1.807, 2.05) is 13.0 Å². The molecule has 0 unspecified atom stereocenters. The summed E-state index contributed by atoms with van der Waals surface area (Å²) in [6, 6.07) is 0. The summed E-state index contributed by atoms with van der Waals surface area (Å²) in [5.41, 5.74) is 1.04. The molecule has 0 aromatic heterocycles. The molecule has 1 aliphatic carbocycles. The number of ketones is 1. The van der Waals surface area contributed by atoms with Gasteiger partial charge in [0.25, 0.3) is 0 Å². The highest BCUT2D eigenvalue weighted by Crippen LogP contribution is 2.26. The molecule has 0 aromatic rings. The van der Waals surface area contributed by atoms with E-state index in [1.54, 1.807) is 0 Å². The van der Waals surface area contributed by atoms with Gasteiger partial charge in [0, 0.05) is 5.92 Å². The average molecular weight is 194 g/mol. The van der Waals surface area contributed by atoms with Crippen molar-refractivity contribution in [2.75, 3.05) is 0 Å². The Kier molecular flexibility index (Phi) is 4.92. The van der Waals surface area contributed by atoms with Gasteiger partial charge < -0.3 is 0 Å². The highest BCUT2D eigenvalue weighted by molar-refractivity contribution is 5.96. The minimum absolute atomic E-state index is 0.337. The van der Waals surface area contributed by atoms with Gasteiger partial charge in [-0.3, -0.25) is 4.79 Å². The molecule has 0 aromatic carbocycles. The van der Waals surface area contributed by atoms with Gasteiger partial charge in [-0.1, -0.05) is 38.7 Å². The Balaban J connectivity index is 2.57. The number of carbonyl (C=O) groups excluding carboxylic acids is 1. The number of carbonyl (C=O) groups is 1. The lowest BCUT2D eigenvalue weighted by atomic mass is 9.90. The zero-order valence-corrected chi connectivity index (χ0v) is 9.51. The van der Waals surface area contributed by atoms with Crippen molar-refractivity contribution in [3.8, 4) is 0 Å². The van der Waals surface area contributed by atoms with Crippen molar-refractivity contribution < 1.29 is 4.79 Å². The van der Waals surface area contributed by atoms with Crippen LogP contribution in [0.4, 0.5) is 0 Å². The predicted molar refractivity (Wildman–Crippen MR) is 60.2 cm³/mol. The second-order valence-electron chi connectivity index (χ2n) is 4.22. The number of rotatable bonds is 3. The summed E-state index contributed by atoms with van der Waals surface area (Å²) in [6.45, 7) is 4.05. The van der Waals surface area contributed by atoms with E-state index in [4.69, 9.17) is 0 Å². The summed E-state index contributed by atoms with van der Waals surface area (Å²) in [6.07, 6.45) is 10.3. The fraction of sp³-hybridized carbons (Fsp3) is 0.769. The summed E-state index contributed by atoms with van der Waals surface area (Å²) in [5, 5.41) is 0. The normalized spacial score (nSPS) is 20.6. The minimum Gasteiger partial charge on any atom is -0.294 e. The van der Waals surface area contributed by atoms with E-state index in [0.29, 0.717) is 11.7 Å². The van der Waals surface area contributed by atoms with Gasteiger partial charge in [0.1, 0.15) is 0 Å². The molecule has 0 amide bonds. The smallest absolute Gasteiger partial charge is 0.161 e. The molecular formula is C13H22O.